The number of hydrogen-bond acceptors (Lipinski definition) is 3. The summed E-state index contributed by atoms with van der Waals surface area (Å²) in [5, 5.41) is 1.25. The number of piperazine rings is 1. The van der Waals surface area contributed by atoms with Crippen molar-refractivity contribution in [2.24, 2.45) is 0 Å². The van der Waals surface area contributed by atoms with Crippen LogP contribution in [-0.4, -0.2) is 33.3 Å². The Balaban J connectivity index is 1.46. The summed E-state index contributed by atoms with van der Waals surface area (Å²) in [4.78, 5) is 8.41. The molecular weight excluding hydrogens is 298 g/mol. The fourth-order valence-electron chi connectivity index (χ4n) is 3.29. The molecule has 0 spiro atoms. The normalized spacial score (nSPS) is 14.9. The minimum Gasteiger partial charge on any atom is -0.497 e. The monoisotopic (exact) mass is 320 g/mol. The number of para-hydroxylation sites is 1. The second kappa shape index (κ2) is 6.40. The lowest BCUT2D eigenvalue weighted by atomic mass is 10.2. The average Bonchev–Trinajstić information content (AvgIpc) is 2.68. The largest absolute Gasteiger partial charge is 0.497 e. The lowest BCUT2D eigenvalue weighted by Gasteiger charge is -2.32. The Kier molecular flexibility index (Phi) is 3.95. The van der Waals surface area contributed by atoms with Crippen molar-refractivity contribution in [2.45, 2.75) is 0 Å². The van der Waals surface area contributed by atoms with Crippen molar-refractivity contribution in [2.75, 3.05) is 43.1 Å². The zero-order valence-corrected chi connectivity index (χ0v) is 13.9. The van der Waals surface area contributed by atoms with Gasteiger partial charge in [0.05, 0.1) is 20.2 Å². The molecule has 4 rings (SSSR count). The van der Waals surface area contributed by atoms with E-state index in [1.165, 1.54) is 22.4 Å². The summed E-state index contributed by atoms with van der Waals surface area (Å²) in [7, 11) is 1.70. The van der Waals surface area contributed by atoms with Crippen molar-refractivity contribution in [1.82, 2.24) is 0 Å². The van der Waals surface area contributed by atoms with Gasteiger partial charge in [-0.05, 0) is 36.4 Å². The van der Waals surface area contributed by atoms with Gasteiger partial charge in [-0.2, -0.15) is 0 Å². The van der Waals surface area contributed by atoms with Gasteiger partial charge in [-0.15, -0.1) is 0 Å². The fourth-order valence-corrected chi connectivity index (χ4v) is 3.29. The number of aromatic nitrogens is 1. The molecule has 4 nitrogen and oxygen atoms in total. The fraction of sp³-hybridized carbons (Fsp3) is 0.250. The number of aromatic amines is 1. The number of pyridine rings is 1. The third-order valence-electron chi connectivity index (χ3n) is 4.70. The van der Waals surface area contributed by atoms with Crippen LogP contribution in [0, 0.1) is 0 Å². The van der Waals surface area contributed by atoms with E-state index in [9.17, 15) is 0 Å². The van der Waals surface area contributed by atoms with Gasteiger partial charge in [0.15, 0.2) is 0 Å². The maximum atomic E-state index is 5.24. The molecule has 1 aliphatic heterocycles. The maximum absolute atomic E-state index is 5.24. The summed E-state index contributed by atoms with van der Waals surface area (Å²) in [5.74, 6) is 2.10. The van der Waals surface area contributed by atoms with Crippen molar-refractivity contribution in [3.05, 3.63) is 60.7 Å². The second-order valence-corrected chi connectivity index (χ2v) is 6.10. The predicted molar refractivity (Wildman–Crippen MR) is 97.9 cm³/mol. The molecule has 24 heavy (non-hydrogen) atoms. The van der Waals surface area contributed by atoms with Gasteiger partial charge in [0.2, 0.25) is 0 Å². The molecule has 122 valence electrons. The summed E-state index contributed by atoms with van der Waals surface area (Å²) >= 11 is 0. The first kappa shape index (κ1) is 14.8. The van der Waals surface area contributed by atoms with Gasteiger partial charge in [0, 0.05) is 17.1 Å². The molecule has 1 fully saturated rings. The molecule has 0 amide bonds. The van der Waals surface area contributed by atoms with Crippen LogP contribution < -0.4 is 19.5 Å². The third-order valence-corrected chi connectivity index (χ3v) is 4.70. The van der Waals surface area contributed by atoms with Crippen molar-refractivity contribution >= 4 is 22.4 Å². The van der Waals surface area contributed by atoms with Crippen molar-refractivity contribution in [3.8, 4) is 5.75 Å². The molecule has 2 heterocycles. The van der Waals surface area contributed by atoms with E-state index in [4.69, 9.17) is 4.74 Å². The van der Waals surface area contributed by atoms with Crippen LogP contribution in [0.4, 0.5) is 11.5 Å². The summed E-state index contributed by atoms with van der Waals surface area (Å²) in [5.41, 5.74) is 2.45. The number of nitrogens with one attached hydrogen (secondary N) is 1. The lowest BCUT2D eigenvalue weighted by Crippen LogP contribution is -2.48. The molecule has 1 aromatic heterocycles. The predicted octanol–water partition coefficient (Wildman–Crippen LogP) is 2.99. The number of methoxy groups -OCH3 is 1. The van der Waals surface area contributed by atoms with Crippen molar-refractivity contribution in [3.63, 3.8) is 0 Å². The van der Waals surface area contributed by atoms with E-state index in [2.05, 4.69) is 63.3 Å². The Hall–Kier alpha value is -2.75. The number of rotatable bonds is 3. The summed E-state index contributed by atoms with van der Waals surface area (Å²) in [6.45, 7) is 4.07. The average molecular weight is 320 g/mol. The summed E-state index contributed by atoms with van der Waals surface area (Å²) < 4.78 is 5.24. The van der Waals surface area contributed by atoms with Crippen LogP contribution in [0.25, 0.3) is 10.9 Å². The zero-order chi connectivity index (χ0) is 16.4. The molecule has 1 aliphatic rings. The SMILES string of the molecule is COc1ccc(N2CCN(c3ccc4ccccc4[nH+]3)CC2)cc1. The highest BCUT2D eigenvalue weighted by Crippen LogP contribution is 2.22. The van der Waals surface area contributed by atoms with Gasteiger partial charge in [0.1, 0.15) is 24.4 Å². The number of nitrogens with zero attached hydrogens (tertiary/aromatic N) is 2. The Bertz CT molecular complexity index is 824. The molecule has 0 radical (unpaired) electrons. The van der Waals surface area contributed by atoms with Crippen molar-refractivity contribution in [1.29, 1.82) is 0 Å². The highest BCUT2D eigenvalue weighted by atomic mass is 16.5. The third kappa shape index (κ3) is 2.87. The number of benzene rings is 2. The summed E-state index contributed by atoms with van der Waals surface area (Å²) in [6, 6.07) is 21.1. The topological polar surface area (TPSA) is 29.9 Å². The first-order valence-corrected chi connectivity index (χ1v) is 8.38. The smallest absolute Gasteiger partial charge is 0.274 e. The molecule has 0 saturated carbocycles. The van der Waals surface area contributed by atoms with E-state index in [-0.39, 0.29) is 0 Å². The van der Waals surface area contributed by atoms with E-state index < -0.39 is 0 Å². The molecule has 0 bridgehead atoms. The van der Waals surface area contributed by atoms with Crippen LogP contribution in [0.2, 0.25) is 0 Å². The van der Waals surface area contributed by atoms with E-state index in [0.29, 0.717) is 0 Å². The van der Waals surface area contributed by atoms with Gasteiger partial charge < -0.3 is 9.64 Å². The minimum absolute atomic E-state index is 0.906. The van der Waals surface area contributed by atoms with Crippen LogP contribution in [0.1, 0.15) is 0 Å². The molecular formula is C20H22N3O+. The lowest BCUT2D eigenvalue weighted by molar-refractivity contribution is -0.330. The van der Waals surface area contributed by atoms with Crippen LogP contribution >= 0.6 is 0 Å². The summed E-state index contributed by atoms with van der Waals surface area (Å²) in [6.07, 6.45) is 0. The molecule has 1 saturated heterocycles. The molecule has 0 aliphatic carbocycles. The van der Waals surface area contributed by atoms with Crippen LogP contribution in [-0.2, 0) is 0 Å². The Labute approximate surface area is 142 Å². The molecule has 4 heteroatoms. The van der Waals surface area contributed by atoms with E-state index in [1.54, 1.807) is 7.11 Å². The molecule has 3 aromatic rings. The Morgan fingerprint density at radius 2 is 1.50 bits per heavy atom. The van der Waals surface area contributed by atoms with E-state index >= 15 is 0 Å². The standard InChI is InChI=1S/C20H21N3O/c1-24-18-9-7-17(8-10-18)22-12-14-23(15-13-22)20-11-6-16-4-2-3-5-19(16)21-20/h2-11H,12-15H2,1H3/p+1. The molecule has 0 atom stereocenters. The number of anilines is 2. The molecule has 1 N–H and O–H groups in total. The number of hydrogen-bond donors (Lipinski definition) is 0. The highest BCUT2D eigenvalue weighted by Gasteiger charge is 2.23. The van der Waals surface area contributed by atoms with Crippen LogP contribution in [0.5, 0.6) is 5.75 Å². The van der Waals surface area contributed by atoms with E-state index in [1.807, 2.05) is 12.1 Å². The van der Waals surface area contributed by atoms with Gasteiger partial charge in [0.25, 0.3) is 5.82 Å². The second-order valence-electron chi connectivity index (χ2n) is 6.10. The van der Waals surface area contributed by atoms with Crippen molar-refractivity contribution < 1.29 is 9.72 Å². The molecule has 0 unspecified atom stereocenters. The number of fused-ring (bicyclic) bond motifs is 1. The van der Waals surface area contributed by atoms with Crippen LogP contribution in [0.3, 0.4) is 0 Å². The van der Waals surface area contributed by atoms with Gasteiger partial charge in [-0.3, -0.25) is 4.90 Å². The number of H-pyrrole nitrogens is 1. The van der Waals surface area contributed by atoms with Gasteiger partial charge in [-0.25, -0.2) is 4.98 Å². The maximum Gasteiger partial charge on any atom is 0.274 e. The van der Waals surface area contributed by atoms with Gasteiger partial charge >= 0.3 is 0 Å². The zero-order valence-electron chi connectivity index (χ0n) is 13.9. The quantitative estimate of drug-likeness (QED) is 0.743. The highest BCUT2D eigenvalue weighted by molar-refractivity contribution is 5.76. The molecule has 2 aromatic carbocycles. The van der Waals surface area contributed by atoms with Crippen LogP contribution in [0.15, 0.2) is 60.7 Å². The van der Waals surface area contributed by atoms with Gasteiger partial charge in [-0.1, -0.05) is 18.2 Å². The minimum atomic E-state index is 0.906. The van der Waals surface area contributed by atoms with E-state index in [0.717, 1.165) is 31.9 Å². The first-order valence-electron chi connectivity index (χ1n) is 8.38. The Morgan fingerprint density at radius 1 is 0.792 bits per heavy atom. The number of ether oxygens (including phenoxy) is 1. The Morgan fingerprint density at radius 3 is 2.25 bits per heavy atom. The first-order chi connectivity index (χ1) is 11.8.